The summed E-state index contributed by atoms with van der Waals surface area (Å²) in [5, 5.41) is 8.16. The average molecular weight is 377 g/mol. The van der Waals surface area contributed by atoms with Gasteiger partial charge in [-0.15, -0.1) is 11.3 Å². The molecule has 7 heteroatoms. The van der Waals surface area contributed by atoms with Gasteiger partial charge in [-0.25, -0.2) is 14.6 Å². The van der Waals surface area contributed by atoms with Gasteiger partial charge in [-0.2, -0.15) is 5.10 Å². The lowest BCUT2D eigenvalue weighted by molar-refractivity contribution is -0.116. The number of hydrogen-bond donors (Lipinski definition) is 1. The van der Waals surface area contributed by atoms with Gasteiger partial charge in [0.2, 0.25) is 5.91 Å². The first-order chi connectivity index (χ1) is 13.3. The number of nitrogens with one attached hydrogen (secondary N) is 1. The van der Waals surface area contributed by atoms with Crippen molar-refractivity contribution in [3.63, 3.8) is 0 Å². The fourth-order valence-electron chi connectivity index (χ4n) is 2.85. The number of para-hydroxylation sites is 1. The summed E-state index contributed by atoms with van der Waals surface area (Å²) in [7, 11) is 0. The number of benzene rings is 2. The second kappa shape index (κ2) is 8.09. The van der Waals surface area contributed by atoms with Crippen LogP contribution in [0.1, 0.15) is 24.3 Å². The Hall–Kier alpha value is -3.06. The zero-order valence-corrected chi connectivity index (χ0v) is 15.5. The number of unbranched alkanes of at least 4 members (excludes halogenated alkanes) is 1. The van der Waals surface area contributed by atoms with Crippen LogP contribution in [0.4, 0.5) is 5.69 Å². The van der Waals surface area contributed by atoms with E-state index >= 15 is 0 Å². The number of hydrogen-bond acceptors (Lipinski definition) is 5. The molecule has 0 fully saturated rings. The lowest BCUT2D eigenvalue weighted by Gasteiger charge is -2.06. The van der Waals surface area contributed by atoms with Gasteiger partial charge in [0, 0.05) is 12.1 Å². The predicted molar refractivity (Wildman–Crippen MR) is 107 cm³/mol. The molecule has 0 radical (unpaired) electrons. The molecule has 0 aliphatic rings. The number of rotatable bonds is 7. The van der Waals surface area contributed by atoms with Gasteiger partial charge in [0.15, 0.2) is 0 Å². The summed E-state index contributed by atoms with van der Waals surface area (Å²) in [5.74, 6) is 0.0350. The van der Waals surface area contributed by atoms with Crippen LogP contribution in [0.3, 0.4) is 0 Å². The Balaban J connectivity index is 1.22. The van der Waals surface area contributed by atoms with Gasteiger partial charge >= 0.3 is 0 Å². The van der Waals surface area contributed by atoms with Gasteiger partial charge in [0.05, 0.1) is 20.9 Å². The second-order valence-electron chi connectivity index (χ2n) is 6.22. The molecule has 2 aromatic carbocycles. The number of carbonyl (C=O) groups is 1. The summed E-state index contributed by atoms with van der Waals surface area (Å²) in [6.45, 7) is 0. The molecular formula is C20H19N5OS. The van der Waals surface area contributed by atoms with E-state index in [1.807, 2.05) is 42.5 Å². The number of amides is 1. The molecule has 0 aliphatic carbocycles. The fraction of sp³-hybridized carbons (Fsp3) is 0.200. The SMILES string of the molecule is O=C(CCCCc1nc2ccccc2s1)Nc1ccc(-n2cncn2)cc1. The quantitative estimate of drug-likeness (QED) is 0.489. The van der Waals surface area contributed by atoms with Gasteiger partial charge in [-0.1, -0.05) is 12.1 Å². The highest BCUT2D eigenvalue weighted by atomic mass is 32.1. The third-order valence-electron chi connectivity index (χ3n) is 4.22. The standard InChI is InChI=1S/C20H19N5OS/c26-19(23-15-9-11-16(12-10-15)25-14-21-13-22-25)7-3-4-8-20-24-17-5-1-2-6-18(17)27-20/h1-2,5-6,9-14H,3-4,7-8H2,(H,23,26). The highest BCUT2D eigenvalue weighted by molar-refractivity contribution is 7.18. The van der Waals surface area contributed by atoms with Gasteiger partial charge in [-0.3, -0.25) is 4.79 Å². The van der Waals surface area contributed by atoms with Crippen LogP contribution in [-0.2, 0) is 11.2 Å². The molecule has 2 heterocycles. The normalized spacial score (nSPS) is 11.0. The highest BCUT2D eigenvalue weighted by Crippen LogP contribution is 2.23. The maximum Gasteiger partial charge on any atom is 0.224 e. The van der Waals surface area contributed by atoms with E-state index in [0.29, 0.717) is 6.42 Å². The summed E-state index contributed by atoms with van der Waals surface area (Å²) in [6, 6.07) is 15.7. The molecule has 0 saturated heterocycles. The Labute approximate surface area is 160 Å². The number of fused-ring (bicyclic) bond motifs is 1. The number of aryl methyl sites for hydroxylation is 1. The van der Waals surface area contributed by atoms with Crippen molar-refractivity contribution in [1.82, 2.24) is 19.7 Å². The molecule has 27 heavy (non-hydrogen) atoms. The van der Waals surface area contributed by atoms with Crippen LogP contribution >= 0.6 is 11.3 Å². The Morgan fingerprint density at radius 3 is 2.70 bits per heavy atom. The zero-order valence-electron chi connectivity index (χ0n) is 14.7. The number of anilines is 1. The van der Waals surface area contributed by atoms with Gasteiger partial charge in [-0.05, 0) is 55.7 Å². The van der Waals surface area contributed by atoms with E-state index in [2.05, 4.69) is 26.4 Å². The third kappa shape index (κ3) is 4.38. The van der Waals surface area contributed by atoms with Crippen molar-refractivity contribution in [3.05, 3.63) is 66.2 Å². The summed E-state index contributed by atoms with van der Waals surface area (Å²) in [6.07, 6.45) is 6.36. The average Bonchev–Trinajstić information content (AvgIpc) is 3.35. The summed E-state index contributed by atoms with van der Waals surface area (Å²) >= 11 is 1.74. The van der Waals surface area contributed by atoms with Crippen LogP contribution in [-0.4, -0.2) is 25.7 Å². The topological polar surface area (TPSA) is 72.7 Å². The third-order valence-corrected chi connectivity index (χ3v) is 5.31. The van der Waals surface area contributed by atoms with Crippen LogP contribution in [0.25, 0.3) is 15.9 Å². The van der Waals surface area contributed by atoms with Crippen molar-refractivity contribution in [2.45, 2.75) is 25.7 Å². The molecule has 0 spiro atoms. The first-order valence-corrected chi connectivity index (χ1v) is 9.69. The molecule has 2 aromatic heterocycles. The first-order valence-electron chi connectivity index (χ1n) is 8.87. The van der Waals surface area contributed by atoms with Crippen LogP contribution in [0.5, 0.6) is 0 Å². The number of aromatic nitrogens is 4. The second-order valence-corrected chi connectivity index (χ2v) is 7.33. The summed E-state index contributed by atoms with van der Waals surface area (Å²) < 4.78 is 2.90. The molecule has 6 nitrogen and oxygen atoms in total. The van der Waals surface area contributed by atoms with E-state index in [-0.39, 0.29) is 5.91 Å². The lowest BCUT2D eigenvalue weighted by atomic mass is 10.2. The minimum absolute atomic E-state index is 0.0350. The highest BCUT2D eigenvalue weighted by Gasteiger charge is 2.06. The van der Waals surface area contributed by atoms with Crippen LogP contribution in [0, 0.1) is 0 Å². The fourth-order valence-corrected chi connectivity index (χ4v) is 3.86. The molecule has 4 rings (SSSR count). The molecule has 1 amide bonds. The molecule has 136 valence electrons. The largest absolute Gasteiger partial charge is 0.326 e. The van der Waals surface area contributed by atoms with Crippen molar-refractivity contribution in [3.8, 4) is 5.69 Å². The minimum atomic E-state index is 0.0350. The smallest absolute Gasteiger partial charge is 0.224 e. The molecule has 0 unspecified atom stereocenters. The molecule has 1 N–H and O–H groups in total. The Bertz CT molecular complexity index is 991. The van der Waals surface area contributed by atoms with Crippen molar-refractivity contribution in [1.29, 1.82) is 0 Å². The summed E-state index contributed by atoms with van der Waals surface area (Å²) in [4.78, 5) is 20.7. The number of nitrogens with zero attached hydrogens (tertiary/aromatic N) is 4. The van der Waals surface area contributed by atoms with Crippen molar-refractivity contribution in [2.24, 2.45) is 0 Å². The lowest BCUT2D eigenvalue weighted by Crippen LogP contribution is -2.11. The monoisotopic (exact) mass is 377 g/mol. The van der Waals surface area contributed by atoms with Gasteiger partial charge < -0.3 is 5.32 Å². The number of carbonyl (C=O) groups excluding carboxylic acids is 1. The number of thiazole rings is 1. The molecule has 0 atom stereocenters. The van der Waals surface area contributed by atoms with Crippen molar-refractivity contribution in [2.75, 3.05) is 5.32 Å². The van der Waals surface area contributed by atoms with E-state index in [0.717, 1.165) is 41.2 Å². The molecule has 4 aromatic rings. The minimum Gasteiger partial charge on any atom is -0.326 e. The Morgan fingerprint density at radius 1 is 1.07 bits per heavy atom. The van der Waals surface area contributed by atoms with E-state index in [4.69, 9.17) is 0 Å². The van der Waals surface area contributed by atoms with Gasteiger partial charge in [0.1, 0.15) is 12.7 Å². The summed E-state index contributed by atoms with van der Waals surface area (Å²) in [5.41, 5.74) is 2.75. The maximum absolute atomic E-state index is 12.1. The zero-order chi connectivity index (χ0) is 18.5. The van der Waals surface area contributed by atoms with Gasteiger partial charge in [0.25, 0.3) is 0 Å². The van der Waals surface area contributed by atoms with E-state index in [1.165, 1.54) is 11.0 Å². The Morgan fingerprint density at radius 2 is 1.93 bits per heavy atom. The maximum atomic E-state index is 12.1. The van der Waals surface area contributed by atoms with E-state index in [9.17, 15) is 4.79 Å². The first kappa shape index (κ1) is 17.4. The molecular weight excluding hydrogens is 358 g/mol. The van der Waals surface area contributed by atoms with Crippen LogP contribution in [0.15, 0.2) is 61.2 Å². The Kier molecular flexibility index (Phi) is 5.20. The van der Waals surface area contributed by atoms with Crippen LogP contribution in [0.2, 0.25) is 0 Å². The molecule has 0 bridgehead atoms. The van der Waals surface area contributed by atoms with E-state index < -0.39 is 0 Å². The van der Waals surface area contributed by atoms with Crippen molar-refractivity contribution >= 4 is 33.1 Å². The molecule has 0 saturated carbocycles. The molecule has 0 aliphatic heterocycles. The van der Waals surface area contributed by atoms with Crippen LogP contribution < -0.4 is 5.32 Å². The predicted octanol–water partition coefficient (Wildman–Crippen LogP) is 4.23. The van der Waals surface area contributed by atoms with Crippen molar-refractivity contribution < 1.29 is 4.79 Å². The van der Waals surface area contributed by atoms with E-state index in [1.54, 1.807) is 22.3 Å².